The lowest BCUT2D eigenvalue weighted by molar-refractivity contribution is 0.227. The number of benzene rings is 2. The van der Waals surface area contributed by atoms with Gasteiger partial charge in [0.1, 0.15) is 11.2 Å². The van der Waals surface area contributed by atoms with Crippen molar-refractivity contribution in [2.45, 2.75) is 30.1 Å². The molecule has 5 nitrogen and oxygen atoms in total. The average molecular weight is 450 g/mol. The lowest BCUT2D eigenvalue weighted by atomic mass is 9.65. The van der Waals surface area contributed by atoms with Crippen LogP contribution < -0.4 is 0 Å². The Labute approximate surface area is 188 Å². The van der Waals surface area contributed by atoms with Gasteiger partial charge in [-0.05, 0) is 67.6 Å². The largest absolute Gasteiger partial charge is 0.259 e. The number of piperidine rings is 1. The van der Waals surface area contributed by atoms with Gasteiger partial charge < -0.3 is 0 Å². The van der Waals surface area contributed by atoms with Crippen molar-refractivity contribution < 1.29 is 12.8 Å². The maximum Gasteiger partial charge on any atom is 0.243 e. The Bertz CT molecular complexity index is 1210. The molecule has 1 unspecified atom stereocenters. The van der Waals surface area contributed by atoms with E-state index >= 15 is 0 Å². The van der Waals surface area contributed by atoms with Gasteiger partial charge in [-0.3, -0.25) is 4.98 Å². The van der Waals surface area contributed by atoms with Crippen LogP contribution in [0.4, 0.5) is 4.39 Å². The summed E-state index contributed by atoms with van der Waals surface area (Å²) in [5.41, 5.74) is 1.17. The van der Waals surface area contributed by atoms with Gasteiger partial charge in [0.15, 0.2) is 0 Å². The summed E-state index contributed by atoms with van der Waals surface area (Å²) in [6.45, 7) is 2.52. The Balaban J connectivity index is 1.66. The smallest absolute Gasteiger partial charge is 0.243 e. The maximum absolute atomic E-state index is 13.6. The molecule has 0 N–H and O–H groups in total. The first-order valence-corrected chi connectivity index (χ1v) is 12.0. The first kappa shape index (κ1) is 22.1. The molecule has 1 atom stereocenters. The molecule has 0 aliphatic carbocycles. The molecule has 0 spiro atoms. The fourth-order valence-electron chi connectivity index (χ4n) is 4.50. The van der Waals surface area contributed by atoms with Gasteiger partial charge in [0.05, 0.1) is 16.7 Å². The van der Waals surface area contributed by atoms with E-state index < -0.39 is 15.4 Å². The Morgan fingerprint density at radius 3 is 2.25 bits per heavy atom. The van der Waals surface area contributed by atoms with E-state index in [1.807, 2.05) is 19.1 Å². The molecule has 164 valence electrons. The van der Waals surface area contributed by atoms with Crippen LogP contribution in [0.25, 0.3) is 0 Å². The van der Waals surface area contributed by atoms with Crippen LogP contribution in [0.15, 0.2) is 77.8 Å². The van der Waals surface area contributed by atoms with Crippen LogP contribution in [0.1, 0.15) is 29.7 Å². The van der Waals surface area contributed by atoms with E-state index in [0.717, 1.165) is 5.56 Å². The van der Waals surface area contributed by atoms with Crippen LogP contribution in [-0.4, -0.2) is 30.8 Å². The molecule has 2 heterocycles. The summed E-state index contributed by atoms with van der Waals surface area (Å²) in [5.74, 6) is -0.544. The van der Waals surface area contributed by atoms with Crippen molar-refractivity contribution in [1.29, 1.82) is 5.26 Å². The molecule has 0 saturated carbocycles. The molecule has 0 radical (unpaired) electrons. The zero-order valence-electron chi connectivity index (χ0n) is 17.8. The molecule has 3 aromatic rings. The van der Waals surface area contributed by atoms with Gasteiger partial charge in [0, 0.05) is 19.3 Å². The van der Waals surface area contributed by atoms with Crippen LogP contribution >= 0.6 is 0 Å². The maximum atomic E-state index is 13.6. The van der Waals surface area contributed by atoms with E-state index in [0.29, 0.717) is 37.2 Å². The Kier molecular flexibility index (Phi) is 6.09. The van der Waals surface area contributed by atoms with E-state index in [1.54, 1.807) is 48.7 Å². The summed E-state index contributed by atoms with van der Waals surface area (Å²) in [6, 6.07) is 20.7. The standard InChI is InChI=1S/C25H24FN3O2S/c1-19-5-11-23(12-6-19)32(30,31)29-16-13-21(14-17-29)25(18-27,24-4-2-3-15-28-24)20-7-9-22(26)10-8-20/h2-12,15,21H,13-14,16-17H2,1H3. The van der Waals surface area contributed by atoms with Crippen LogP contribution in [-0.2, 0) is 15.4 Å². The quantitative estimate of drug-likeness (QED) is 0.577. The number of nitrogens with zero attached hydrogens (tertiary/aromatic N) is 3. The third-order valence-corrected chi connectivity index (χ3v) is 8.18. The molecular weight excluding hydrogens is 425 g/mol. The third-order valence-electron chi connectivity index (χ3n) is 6.27. The Hall–Kier alpha value is -3.08. The van der Waals surface area contributed by atoms with Crippen LogP contribution in [0.5, 0.6) is 0 Å². The molecule has 1 aromatic heterocycles. The Morgan fingerprint density at radius 2 is 1.69 bits per heavy atom. The minimum atomic E-state index is -3.60. The van der Waals surface area contributed by atoms with E-state index in [-0.39, 0.29) is 16.6 Å². The van der Waals surface area contributed by atoms with Gasteiger partial charge in [-0.15, -0.1) is 0 Å². The monoisotopic (exact) mass is 449 g/mol. The normalized spacial score (nSPS) is 17.4. The molecule has 1 aliphatic rings. The van der Waals surface area contributed by atoms with Crippen molar-refractivity contribution in [2.75, 3.05) is 13.1 Å². The zero-order valence-corrected chi connectivity index (χ0v) is 18.6. The highest BCUT2D eigenvalue weighted by molar-refractivity contribution is 7.89. The van der Waals surface area contributed by atoms with Crippen LogP contribution in [0, 0.1) is 30.0 Å². The van der Waals surface area contributed by atoms with E-state index in [1.165, 1.54) is 16.4 Å². The number of pyridine rings is 1. The summed E-state index contributed by atoms with van der Waals surface area (Å²) in [6.07, 6.45) is 2.63. The van der Waals surface area contributed by atoms with Gasteiger partial charge in [-0.2, -0.15) is 9.57 Å². The van der Waals surface area contributed by atoms with Gasteiger partial charge in [0.2, 0.25) is 10.0 Å². The second kappa shape index (κ2) is 8.81. The predicted molar refractivity (Wildman–Crippen MR) is 120 cm³/mol. The number of hydrogen-bond donors (Lipinski definition) is 0. The van der Waals surface area contributed by atoms with Crippen molar-refractivity contribution in [2.24, 2.45) is 5.92 Å². The first-order valence-electron chi connectivity index (χ1n) is 10.5. The highest BCUT2D eigenvalue weighted by atomic mass is 32.2. The molecule has 0 bridgehead atoms. The van der Waals surface area contributed by atoms with Crippen molar-refractivity contribution in [1.82, 2.24) is 9.29 Å². The molecule has 2 aromatic carbocycles. The first-order chi connectivity index (χ1) is 15.4. The minimum Gasteiger partial charge on any atom is -0.259 e. The highest BCUT2D eigenvalue weighted by Gasteiger charge is 2.46. The van der Waals surface area contributed by atoms with E-state index in [2.05, 4.69) is 11.1 Å². The summed E-state index contributed by atoms with van der Waals surface area (Å²) in [7, 11) is -3.60. The average Bonchev–Trinajstić information content (AvgIpc) is 2.82. The van der Waals surface area contributed by atoms with E-state index in [4.69, 9.17) is 0 Å². The molecule has 7 heteroatoms. The van der Waals surface area contributed by atoms with Crippen molar-refractivity contribution >= 4 is 10.0 Å². The lowest BCUT2D eigenvalue weighted by Crippen LogP contribution is -2.45. The number of halogens is 1. The van der Waals surface area contributed by atoms with Crippen LogP contribution in [0.2, 0.25) is 0 Å². The summed E-state index contributed by atoms with van der Waals surface area (Å²) < 4.78 is 41.3. The van der Waals surface area contributed by atoms with Gasteiger partial charge in [-0.1, -0.05) is 35.9 Å². The molecule has 1 fully saturated rings. The fraction of sp³-hybridized carbons (Fsp3) is 0.280. The van der Waals surface area contributed by atoms with E-state index in [9.17, 15) is 18.1 Å². The second-order valence-corrected chi connectivity index (χ2v) is 10.1. The molecule has 32 heavy (non-hydrogen) atoms. The molecule has 0 amide bonds. The molecule has 4 rings (SSSR count). The molecule has 1 saturated heterocycles. The lowest BCUT2D eigenvalue weighted by Gasteiger charge is -2.40. The number of rotatable bonds is 5. The van der Waals surface area contributed by atoms with Crippen molar-refractivity contribution in [3.63, 3.8) is 0 Å². The number of nitriles is 1. The summed E-state index contributed by atoms with van der Waals surface area (Å²) in [5, 5.41) is 10.4. The SMILES string of the molecule is Cc1ccc(S(=O)(=O)N2CCC(C(C#N)(c3ccc(F)cc3)c3ccccn3)CC2)cc1. The van der Waals surface area contributed by atoms with Crippen molar-refractivity contribution in [3.05, 3.63) is 95.6 Å². The fourth-order valence-corrected chi connectivity index (χ4v) is 5.97. The molecular formula is C25H24FN3O2S. The minimum absolute atomic E-state index is 0.169. The van der Waals surface area contributed by atoms with Gasteiger partial charge in [-0.25, -0.2) is 12.8 Å². The van der Waals surface area contributed by atoms with Gasteiger partial charge >= 0.3 is 0 Å². The number of sulfonamides is 1. The third kappa shape index (κ3) is 3.92. The predicted octanol–water partition coefficient (Wildman–Crippen LogP) is 4.44. The summed E-state index contributed by atoms with van der Waals surface area (Å²) >= 11 is 0. The number of aromatic nitrogens is 1. The highest BCUT2D eigenvalue weighted by Crippen LogP contribution is 2.43. The number of aryl methyl sites for hydroxylation is 1. The second-order valence-electron chi connectivity index (χ2n) is 8.13. The van der Waals surface area contributed by atoms with Crippen molar-refractivity contribution in [3.8, 4) is 6.07 Å². The topological polar surface area (TPSA) is 74.1 Å². The van der Waals surface area contributed by atoms with Crippen LogP contribution in [0.3, 0.4) is 0 Å². The Morgan fingerprint density at radius 1 is 1.03 bits per heavy atom. The zero-order chi connectivity index (χ0) is 22.8. The molecule has 1 aliphatic heterocycles. The van der Waals surface area contributed by atoms with Gasteiger partial charge in [0.25, 0.3) is 0 Å². The summed E-state index contributed by atoms with van der Waals surface area (Å²) in [4.78, 5) is 4.75. The number of hydrogen-bond acceptors (Lipinski definition) is 4.